The molecule has 1 aliphatic heterocycles. The number of methoxy groups -OCH3 is 2. The lowest BCUT2D eigenvalue weighted by atomic mass is 9.91. The second-order valence-electron chi connectivity index (χ2n) is 9.23. The Morgan fingerprint density at radius 2 is 1.92 bits per heavy atom. The van der Waals surface area contributed by atoms with Crippen LogP contribution in [-0.4, -0.2) is 48.0 Å². The van der Waals surface area contributed by atoms with E-state index in [-0.39, 0.29) is 37.2 Å². The monoisotopic (exact) mass is 490 g/mol. The van der Waals surface area contributed by atoms with Crippen molar-refractivity contribution in [3.05, 3.63) is 59.3 Å². The van der Waals surface area contributed by atoms with Gasteiger partial charge in [0.1, 0.15) is 6.04 Å². The number of hydrogen-bond acceptors (Lipinski definition) is 5. The minimum atomic E-state index is -0.724. The summed E-state index contributed by atoms with van der Waals surface area (Å²) >= 11 is 0. The van der Waals surface area contributed by atoms with E-state index in [1.807, 2.05) is 12.1 Å². The Balaban J connectivity index is 1.19. The summed E-state index contributed by atoms with van der Waals surface area (Å²) in [6.45, 7) is 0.110. The third kappa shape index (κ3) is 4.48. The van der Waals surface area contributed by atoms with E-state index >= 15 is 0 Å². The largest absolute Gasteiger partial charge is 0.493 e. The minimum Gasteiger partial charge on any atom is -0.493 e. The van der Waals surface area contributed by atoms with E-state index in [0.29, 0.717) is 11.5 Å². The number of fused-ring (bicyclic) bond motifs is 3. The van der Waals surface area contributed by atoms with Crippen molar-refractivity contribution >= 4 is 28.7 Å². The Hall–Kier alpha value is -4.01. The van der Waals surface area contributed by atoms with Gasteiger partial charge < -0.3 is 25.1 Å². The molecular weight excluding hydrogens is 460 g/mol. The highest BCUT2D eigenvalue weighted by Crippen LogP contribution is 2.34. The molecule has 9 nitrogen and oxygen atoms in total. The number of aromatic amines is 1. The van der Waals surface area contributed by atoms with Crippen LogP contribution in [0.3, 0.4) is 0 Å². The van der Waals surface area contributed by atoms with E-state index in [2.05, 4.69) is 27.8 Å². The molecule has 3 N–H and O–H groups in total. The van der Waals surface area contributed by atoms with Crippen molar-refractivity contribution < 1.29 is 23.9 Å². The van der Waals surface area contributed by atoms with Gasteiger partial charge in [0.25, 0.3) is 5.91 Å². The quantitative estimate of drug-likeness (QED) is 0.418. The maximum Gasteiger partial charge on any atom is 0.325 e. The van der Waals surface area contributed by atoms with Crippen LogP contribution < -0.4 is 20.1 Å². The molecule has 36 heavy (non-hydrogen) atoms. The van der Waals surface area contributed by atoms with Gasteiger partial charge in [0.2, 0.25) is 5.91 Å². The SMILES string of the molecule is COc1ccc(CN2C(=O)N[C@@H](CCC(=O)NC3CCCc4c3[nH]c3ccccc43)C2=O)cc1OC. The average molecular weight is 491 g/mol. The Labute approximate surface area is 209 Å². The first-order valence-corrected chi connectivity index (χ1v) is 12.2. The lowest BCUT2D eigenvalue weighted by Gasteiger charge is -2.24. The number of aryl methyl sites for hydroxylation is 1. The topological polar surface area (TPSA) is 113 Å². The number of carbonyl (C=O) groups is 3. The molecule has 0 saturated carbocycles. The lowest BCUT2D eigenvalue weighted by molar-refractivity contribution is -0.128. The zero-order valence-corrected chi connectivity index (χ0v) is 20.4. The highest BCUT2D eigenvalue weighted by atomic mass is 16.5. The fourth-order valence-corrected chi connectivity index (χ4v) is 5.19. The van der Waals surface area contributed by atoms with Crippen molar-refractivity contribution in [1.82, 2.24) is 20.5 Å². The maximum atomic E-state index is 12.9. The van der Waals surface area contributed by atoms with Gasteiger partial charge in [0, 0.05) is 23.0 Å². The number of urea groups is 1. The molecule has 1 aliphatic carbocycles. The second kappa shape index (κ2) is 9.93. The molecule has 3 aromatic rings. The molecule has 1 aromatic heterocycles. The summed E-state index contributed by atoms with van der Waals surface area (Å²) in [6.07, 6.45) is 3.24. The fourth-order valence-electron chi connectivity index (χ4n) is 5.19. The van der Waals surface area contributed by atoms with Gasteiger partial charge in [0.15, 0.2) is 11.5 Å². The zero-order valence-electron chi connectivity index (χ0n) is 20.4. The molecule has 2 atom stereocenters. The van der Waals surface area contributed by atoms with Crippen LogP contribution in [-0.2, 0) is 22.6 Å². The van der Waals surface area contributed by atoms with Crippen LogP contribution in [0, 0.1) is 0 Å². The Kier molecular flexibility index (Phi) is 6.54. The molecule has 2 heterocycles. The van der Waals surface area contributed by atoms with Gasteiger partial charge in [-0.2, -0.15) is 0 Å². The van der Waals surface area contributed by atoms with Crippen molar-refractivity contribution in [1.29, 1.82) is 0 Å². The molecule has 2 aromatic carbocycles. The number of para-hydroxylation sites is 1. The smallest absolute Gasteiger partial charge is 0.325 e. The summed E-state index contributed by atoms with van der Waals surface area (Å²) in [6, 6.07) is 12.2. The second-order valence-corrected chi connectivity index (χ2v) is 9.23. The van der Waals surface area contributed by atoms with Crippen LogP contribution in [0.15, 0.2) is 42.5 Å². The molecule has 9 heteroatoms. The highest BCUT2D eigenvalue weighted by Gasteiger charge is 2.38. The summed E-state index contributed by atoms with van der Waals surface area (Å²) in [7, 11) is 3.08. The molecule has 1 fully saturated rings. The molecule has 5 rings (SSSR count). The molecular formula is C27H30N4O5. The average Bonchev–Trinajstić information content (AvgIpc) is 3.40. The van der Waals surface area contributed by atoms with Crippen LogP contribution >= 0.6 is 0 Å². The molecule has 1 saturated heterocycles. The van der Waals surface area contributed by atoms with Crippen molar-refractivity contribution in [2.75, 3.05) is 14.2 Å². The van der Waals surface area contributed by atoms with E-state index in [0.717, 1.165) is 36.0 Å². The predicted molar refractivity (Wildman–Crippen MR) is 134 cm³/mol. The van der Waals surface area contributed by atoms with Gasteiger partial charge in [-0.25, -0.2) is 4.79 Å². The number of hydrogen-bond donors (Lipinski definition) is 3. The highest BCUT2D eigenvalue weighted by molar-refractivity contribution is 6.04. The summed E-state index contributed by atoms with van der Waals surface area (Å²) in [5, 5.41) is 7.05. The van der Waals surface area contributed by atoms with Gasteiger partial charge >= 0.3 is 6.03 Å². The number of nitrogens with zero attached hydrogens (tertiary/aromatic N) is 1. The minimum absolute atomic E-state index is 0.0796. The van der Waals surface area contributed by atoms with Crippen LogP contribution in [0.4, 0.5) is 4.79 Å². The van der Waals surface area contributed by atoms with Crippen molar-refractivity contribution in [2.24, 2.45) is 0 Å². The third-order valence-corrected chi connectivity index (χ3v) is 7.01. The molecule has 2 aliphatic rings. The molecule has 4 amide bonds. The van der Waals surface area contributed by atoms with Crippen molar-refractivity contribution in [3.63, 3.8) is 0 Å². The van der Waals surface area contributed by atoms with Gasteiger partial charge in [-0.1, -0.05) is 24.3 Å². The molecule has 188 valence electrons. The molecule has 1 unspecified atom stereocenters. The number of ether oxygens (including phenoxy) is 2. The van der Waals surface area contributed by atoms with Gasteiger partial charge in [-0.05, 0) is 55.0 Å². The number of nitrogens with one attached hydrogen (secondary N) is 3. The van der Waals surface area contributed by atoms with Crippen LogP contribution in [0.5, 0.6) is 11.5 Å². The number of aromatic nitrogens is 1. The zero-order chi connectivity index (χ0) is 25.2. The number of amides is 4. The third-order valence-electron chi connectivity index (χ3n) is 7.01. The maximum absolute atomic E-state index is 12.9. The first-order chi connectivity index (χ1) is 17.5. The Morgan fingerprint density at radius 1 is 1.11 bits per heavy atom. The van der Waals surface area contributed by atoms with Crippen molar-refractivity contribution in [2.45, 2.75) is 50.7 Å². The number of imide groups is 1. The van der Waals surface area contributed by atoms with E-state index in [1.165, 1.54) is 23.0 Å². The lowest BCUT2D eigenvalue weighted by Crippen LogP contribution is -2.34. The normalized spacial score (nSPS) is 19.2. The molecule has 0 bridgehead atoms. The van der Waals surface area contributed by atoms with Gasteiger partial charge in [-0.3, -0.25) is 14.5 Å². The van der Waals surface area contributed by atoms with Gasteiger partial charge in [0.05, 0.1) is 26.8 Å². The number of rotatable bonds is 8. The van der Waals surface area contributed by atoms with E-state index in [1.54, 1.807) is 25.3 Å². The Morgan fingerprint density at radius 3 is 2.72 bits per heavy atom. The number of benzene rings is 2. The van der Waals surface area contributed by atoms with E-state index in [4.69, 9.17) is 9.47 Å². The van der Waals surface area contributed by atoms with Crippen LogP contribution in [0.1, 0.15) is 48.5 Å². The first kappa shape index (κ1) is 23.7. The first-order valence-electron chi connectivity index (χ1n) is 12.2. The standard InChI is InChI=1S/C27H30N4O5/c1-35-22-12-10-16(14-23(22)36-2)15-31-26(33)21(30-27(31)34)11-13-24(32)28-20-9-5-7-18-17-6-3-4-8-19(17)29-25(18)20/h3-4,6,8,10,12,14,20-21,29H,5,7,9,11,13,15H2,1-2H3,(H,28,32)(H,30,34)/t20?,21-/m0/s1. The predicted octanol–water partition coefficient (Wildman–Crippen LogP) is 3.58. The number of H-pyrrole nitrogens is 1. The fraction of sp³-hybridized carbons (Fsp3) is 0.370. The van der Waals surface area contributed by atoms with Crippen LogP contribution in [0.2, 0.25) is 0 Å². The van der Waals surface area contributed by atoms with E-state index in [9.17, 15) is 14.4 Å². The van der Waals surface area contributed by atoms with Crippen LogP contribution in [0.25, 0.3) is 10.9 Å². The summed E-state index contributed by atoms with van der Waals surface area (Å²) in [4.78, 5) is 42.8. The van der Waals surface area contributed by atoms with Gasteiger partial charge in [-0.15, -0.1) is 0 Å². The summed E-state index contributed by atoms with van der Waals surface area (Å²) in [5.74, 6) is 0.626. The summed E-state index contributed by atoms with van der Waals surface area (Å²) in [5.41, 5.74) is 4.16. The summed E-state index contributed by atoms with van der Waals surface area (Å²) < 4.78 is 10.5. The van der Waals surface area contributed by atoms with Crippen molar-refractivity contribution in [3.8, 4) is 11.5 Å². The molecule has 0 radical (unpaired) electrons. The molecule has 0 spiro atoms. The van der Waals surface area contributed by atoms with E-state index < -0.39 is 12.1 Å². The number of carbonyl (C=O) groups excluding carboxylic acids is 3. The Bertz CT molecular complexity index is 1320.